The highest BCUT2D eigenvalue weighted by atomic mass is 14.9. The van der Waals surface area contributed by atoms with Crippen molar-refractivity contribution in [2.75, 3.05) is 0 Å². The van der Waals surface area contributed by atoms with Gasteiger partial charge in [0, 0.05) is 27.6 Å². The van der Waals surface area contributed by atoms with Crippen molar-refractivity contribution in [1.82, 2.24) is 15.0 Å². The SMILES string of the molecule is c1ccc(-c2cc(-c3ccccc3)cc(-c3cc(-c4ccccc4)nc(-c4ccc(-c5cc6nc(-c7ccccc7)cc(-c7ccccc7)c6c6ccccc56)cc4)n3)c2)cc1. The van der Waals surface area contributed by atoms with Gasteiger partial charge in [0.2, 0.25) is 0 Å². The molecule has 290 valence electrons. The van der Waals surface area contributed by atoms with Crippen molar-refractivity contribution in [2.45, 2.75) is 0 Å². The molecule has 0 saturated carbocycles. The summed E-state index contributed by atoms with van der Waals surface area (Å²) in [7, 11) is 0. The summed E-state index contributed by atoms with van der Waals surface area (Å²) in [6, 6.07) is 83.4. The fraction of sp³-hybridized carbons (Fsp3) is 0. The van der Waals surface area contributed by atoms with E-state index in [0.29, 0.717) is 5.82 Å². The van der Waals surface area contributed by atoms with Crippen LogP contribution in [-0.2, 0) is 0 Å². The molecule has 0 aliphatic carbocycles. The molecule has 0 saturated heterocycles. The van der Waals surface area contributed by atoms with Crippen LogP contribution in [0.2, 0.25) is 0 Å². The first-order valence-electron chi connectivity index (χ1n) is 21.0. The fourth-order valence-electron chi connectivity index (χ4n) is 8.59. The van der Waals surface area contributed by atoms with Crippen molar-refractivity contribution in [3.8, 4) is 89.7 Å². The van der Waals surface area contributed by atoms with Crippen LogP contribution >= 0.6 is 0 Å². The minimum atomic E-state index is 0.671. The second-order valence-electron chi connectivity index (χ2n) is 15.6. The first kappa shape index (κ1) is 36.8. The lowest BCUT2D eigenvalue weighted by Crippen LogP contribution is -1.97. The molecular weight excluding hydrogens is 751 g/mol. The number of hydrogen-bond acceptors (Lipinski definition) is 3. The van der Waals surface area contributed by atoms with Gasteiger partial charge in [-0.3, -0.25) is 0 Å². The van der Waals surface area contributed by atoms with Crippen molar-refractivity contribution < 1.29 is 0 Å². The Morgan fingerprint density at radius 2 is 0.629 bits per heavy atom. The Balaban J connectivity index is 1.06. The van der Waals surface area contributed by atoms with Crippen molar-refractivity contribution in [1.29, 1.82) is 0 Å². The molecule has 0 N–H and O–H groups in total. The maximum Gasteiger partial charge on any atom is 0.160 e. The molecule has 0 amide bonds. The van der Waals surface area contributed by atoms with E-state index >= 15 is 0 Å². The van der Waals surface area contributed by atoms with Crippen LogP contribution in [0.25, 0.3) is 111 Å². The summed E-state index contributed by atoms with van der Waals surface area (Å²) in [5, 5.41) is 3.50. The molecule has 62 heavy (non-hydrogen) atoms. The average Bonchev–Trinajstić information content (AvgIpc) is 3.37. The molecule has 0 atom stereocenters. The molecule has 3 nitrogen and oxygen atoms in total. The van der Waals surface area contributed by atoms with Crippen LogP contribution in [0.15, 0.2) is 237 Å². The Morgan fingerprint density at radius 1 is 0.226 bits per heavy atom. The minimum absolute atomic E-state index is 0.671. The Kier molecular flexibility index (Phi) is 9.53. The Bertz CT molecular complexity index is 3290. The Hall–Kier alpha value is -8.27. The number of pyridine rings is 1. The van der Waals surface area contributed by atoms with Crippen molar-refractivity contribution in [3.05, 3.63) is 237 Å². The topological polar surface area (TPSA) is 38.7 Å². The van der Waals surface area contributed by atoms with Gasteiger partial charge in [0.15, 0.2) is 5.82 Å². The van der Waals surface area contributed by atoms with Crippen molar-refractivity contribution in [3.63, 3.8) is 0 Å². The maximum atomic E-state index is 5.34. The van der Waals surface area contributed by atoms with E-state index in [-0.39, 0.29) is 0 Å². The number of aromatic nitrogens is 3. The van der Waals surface area contributed by atoms with E-state index in [1.54, 1.807) is 0 Å². The number of rotatable bonds is 8. The van der Waals surface area contributed by atoms with E-state index in [4.69, 9.17) is 15.0 Å². The van der Waals surface area contributed by atoms with Crippen LogP contribution in [0.5, 0.6) is 0 Å². The summed E-state index contributed by atoms with van der Waals surface area (Å²) in [6.07, 6.45) is 0. The molecule has 11 aromatic rings. The lowest BCUT2D eigenvalue weighted by atomic mass is 9.90. The Morgan fingerprint density at radius 3 is 1.18 bits per heavy atom. The van der Waals surface area contributed by atoms with Gasteiger partial charge in [0.05, 0.1) is 22.6 Å². The molecule has 9 aromatic carbocycles. The fourth-order valence-corrected chi connectivity index (χ4v) is 8.59. The Labute approximate surface area is 361 Å². The molecule has 0 aliphatic rings. The molecule has 2 heterocycles. The summed E-state index contributed by atoms with van der Waals surface area (Å²) >= 11 is 0. The molecule has 0 fully saturated rings. The largest absolute Gasteiger partial charge is 0.248 e. The van der Waals surface area contributed by atoms with Gasteiger partial charge in [-0.05, 0) is 91.7 Å². The third-order valence-electron chi connectivity index (χ3n) is 11.7. The zero-order chi connectivity index (χ0) is 41.2. The second kappa shape index (κ2) is 16.1. The van der Waals surface area contributed by atoms with E-state index in [1.165, 1.54) is 21.9 Å². The van der Waals surface area contributed by atoms with Gasteiger partial charge < -0.3 is 0 Å². The summed E-state index contributed by atoms with van der Waals surface area (Å²) in [5.74, 6) is 0.671. The molecule has 0 bridgehead atoms. The summed E-state index contributed by atoms with van der Waals surface area (Å²) < 4.78 is 0. The molecule has 0 aliphatic heterocycles. The highest BCUT2D eigenvalue weighted by Gasteiger charge is 2.18. The standard InChI is InChI=1S/C59H39N3/c1-6-18-40(19-7-1)47-34-48(41-20-8-2-9-21-41)36-49(35-47)56-39-55(45-26-14-5-15-27-45)61-59(62-56)46-32-30-43(31-33-46)52-37-57-58(51-29-17-16-28-50(51)52)53(42-22-10-3-11-23-42)38-54(60-57)44-24-12-4-13-25-44/h1-39H. The van der Waals surface area contributed by atoms with Crippen LogP contribution in [0.1, 0.15) is 0 Å². The predicted molar refractivity (Wildman–Crippen MR) is 258 cm³/mol. The van der Waals surface area contributed by atoms with E-state index in [2.05, 4.69) is 224 Å². The lowest BCUT2D eigenvalue weighted by Gasteiger charge is -2.16. The van der Waals surface area contributed by atoms with Gasteiger partial charge >= 0.3 is 0 Å². The molecule has 11 rings (SSSR count). The summed E-state index contributed by atoms with van der Waals surface area (Å²) in [6.45, 7) is 0. The molecule has 0 spiro atoms. The maximum absolute atomic E-state index is 5.34. The molecular formula is C59H39N3. The number of fused-ring (bicyclic) bond motifs is 3. The highest BCUT2D eigenvalue weighted by Crippen LogP contribution is 2.41. The van der Waals surface area contributed by atoms with E-state index < -0.39 is 0 Å². The molecule has 0 radical (unpaired) electrons. The number of benzene rings is 9. The first-order valence-corrected chi connectivity index (χ1v) is 21.0. The quantitative estimate of drug-likeness (QED) is 0.144. The van der Waals surface area contributed by atoms with Crippen LogP contribution < -0.4 is 0 Å². The average molecular weight is 790 g/mol. The minimum Gasteiger partial charge on any atom is -0.248 e. The third-order valence-corrected chi connectivity index (χ3v) is 11.7. The van der Waals surface area contributed by atoms with Gasteiger partial charge in [-0.1, -0.05) is 200 Å². The van der Waals surface area contributed by atoms with Gasteiger partial charge in [-0.15, -0.1) is 0 Å². The van der Waals surface area contributed by atoms with Gasteiger partial charge in [-0.2, -0.15) is 0 Å². The van der Waals surface area contributed by atoms with Crippen LogP contribution in [0.4, 0.5) is 0 Å². The smallest absolute Gasteiger partial charge is 0.160 e. The highest BCUT2D eigenvalue weighted by molar-refractivity contribution is 6.18. The van der Waals surface area contributed by atoms with Crippen LogP contribution in [-0.4, -0.2) is 15.0 Å². The van der Waals surface area contributed by atoms with Crippen LogP contribution in [0, 0.1) is 0 Å². The third kappa shape index (κ3) is 7.12. The zero-order valence-corrected chi connectivity index (χ0v) is 33.9. The van der Waals surface area contributed by atoms with E-state index in [9.17, 15) is 0 Å². The molecule has 2 aromatic heterocycles. The predicted octanol–water partition coefficient (Wildman–Crippen LogP) is 15.5. The van der Waals surface area contributed by atoms with Gasteiger partial charge in [0.1, 0.15) is 0 Å². The number of hydrogen-bond donors (Lipinski definition) is 0. The first-order chi connectivity index (χ1) is 30.7. The van der Waals surface area contributed by atoms with Crippen molar-refractivity contribution >= 4 is 21.7 Å². The van der Waals surface area contributed by atoms with E-state index in [0.717, 1.165) is 83.6 Å². The van der Waals surface area contributed by atoms with Crippen LogP contribution in [0.3, 0.4) is 0 Å². The molecule has 0 unspecified atom stereocenters. The lowest BCUT2D eigenvalue weighted by molar-refractivity contribution is 1.18. The zero-order valence-electron chi connectivity index (χ0n) is 33.9. The van der Waals surface area contributed by atoms with Crippen molar-refractivity contribution in [2.24, 2.45) is 0 Å². The molecule has 3 heteroatoms. The van der Waals surface area contributed by atoms with Gasteiger partial charge in [-0.25, -0.2) is 15.0 Å². The van der Waals surface area contributed by atoms with Gasteiger partial charge in [0.25, 0.3) is 0 Å². The monoisotopic (exact) mass is 789 g/mol. The summed E-state index contributed by atoms with van der Waals surface area (Å²) in [4.78, 5) is 15.9. The number of nitrogens with zero attached hydrogens (tertiary/aromatic N) is 3. The second-order valence-corrected chi connectivity index (χ2v) is 15.6. The summed E-state index contributed by atoms with van der Waals surface area (Å²) in [5.41, 5.74) is 16.9. The van der Waals surface area contributed by atoms with E-state index in [1.807, 2.05) is 12.1 Å². The normalized spacial score (nSPS) is 11.2.